The lowest BCUT2D eigenvalue weighted by molar-refractivity contribution is 0.111. The number of hydrogen-bond acceptors (Lipinski definition) is 3. The Morgan fingerprint density at radius 3 is 1.77 bits per heavy atom. The molecule has 22 heavy (non-hydrogen) atoms. The summed E-state index contributed by atoms with van der Waals surface area (Å²) in [5.74, 6) is 0.561. The molecule has 1 fully saturated rings. The largest absolute Gasteiger partial charge is 0.371 e. The number of aldehydes is 2. The number of nitrogens with zero attached hydrogens (tertiary/aromatic N) is 1. The zero-order valence-corrected chi connectivity index (χ0v) is 12.4. The third-order valence-corrected chi connectivity index (χ3v) is 4.43. The van der Waals surface area contributed by atoms with Gasteiger partial charge in [-0.25, -0.2) is 0 Å². The average molecular weight is 293 g/mol. The van der Waals surface area contributed by atoms with E-state index in [1.165, 1.54) is 11.3 Å². The Morgan fingerprint density at radius 2 is 1.27 bits per heavy atom. The molecule has 1 saturated heterocycles. The molecule has 0 unspecified atom stereocenters. The SMILES string of the molecule is O=Cc1ccc(C2CCN(c3ccc(C=O)cc3)CC2)cc1. The van der Waals surface area contributed by atoms with Crippen LogP contribution < -0.4 is 4.90 Å². The van der Waals surface area contributed by atoms with Crippen LogP contribution in [0.4, 0.5) is 5.69 Å². The molecular weight excluding hydrogens is 274 g/mol. The van der Waals surface area contributed by atoms with Gasteiger partial charge >= 0.3 is 0 Å². The molecule has 1 heterocycles. The van der Waals surface area contributed by atoms with Gasteiger partial charge in [-0.1, -0.05) is 24.3 Å². The molecule has 112 valence electrons. The highest BCUT2D eigenvalue weighted by molar-refractivity contribution is 5.76. The molecule has 0 bridgehead atoms. The lowest BCUT2D eigenvalue weighted by Gasteiger charge is -2.34. The van der Waals surface area contributed by atoms with E-state index >= 15 is 0 Å². The lowest BCUT2D eigenvalue weighted by Crippen LogP contribution is -2.32. The lowest BCUT2D eigenvalue weighted by atomic mass is 9.89. The summed E-state index contributed by atoms with van der Waals surface area (Å²) in [6.45, 7) is 2.03. The first kappa shape index (κ1) is 14.5. The van der Waals surface area contributed by atoms with Crippen molar-refractivity contribution in [3.8, 4) is 0 Å². The number of carbonyl (C=O) groups excluding carboxylic acids is 2. The molecular formula is C19H19NO2. The number of anilines is 1. The highest BCUT2D eigenvalue weighted by Crippen LogP contribution is 2.30. The maximum absolute atomic E-state index is 10.7. The van der Waals surface area contributed by atoms with Crippen LogP contribution in [0.15, 0.2) is 48.5 Å². The second-order valence-electron chi connectivity index (χ2n) is 5.76. The van der Waals surface area contributed by atoms with Gasteiger partial charge in [0.25, 0.3) is 0 Å². The molecule has 1 aliphatic heterocycles. The van der Waals surface area contributed by atoms with Gasteiger partial charge in [0.05, 0.1) is 0 Å². The number of hydrogen-bond donors (Lipinski definition) is 0. The number of piperidine rings is 1. The molecule has 3 heteroatoms. The molecule has 0 aromatic heterocycles. The fourth-order valence-corrected chi connectivity index (χ4v) is 3.08. The quantitative estimate of drug-likeness (QED) is 0.807. The minimum Gasteiger partial charge on any atom is -0.371 e. The number of carbonyl (C=O) groups is 2. The second-order valence-corrected chi connectivity index (χ2v) is 5.76. The Balaban J connectivity index is 1.63. The molecule has 0 amide bonds. The van der Waals surface area contributed by atoms with Gasteiger partial charge in [0.2, 0.25) is 0 Å². The highest BCUT2D eigenvalue weighted by Gasteiger charge is 2.20. The molecule has 0 saturated carbocycles. The summed E-state index contributed by atoms with van der Waals surface area (Å²) in [7, 11) is 0. The van der Waals surface area contributed by atoms with E-state index in [-0.39, 0.29) is 0 Å². The first-order valence-electron chi connectivity index (χ1n) is 7.65. The standard InChI is InChI=1S/C19H19NO2/c21-13-15-1-5-17(6-2-15)18-9-11-20(12-10-18)19-7-3-16(14-22)4-8-19/h1-8,13-14,18H,9-12H2. The van der Waals surface area contributed by atoms with Gasteiger partial charge in [0.15, 0.2) is 0 Å². The van der Waals surface area contributed by atoms with E-state index < -0.39 is 0 Å². The molecule has 0 N–H and O–H groups in total. The second kappa shape index (κ2) is 6.56. The zero-order valence-electron chi connectivity index (χ0n) is 12.4. The predicted octanol–water partition coefficient (Wildman–Crippen LogP) is 3.70. The topological polar surface area (TPSA) is 37.4 Å². The van der Waals surface area contributed by atoms with Crippen LogP contribution in [-0.4, -0.2) is 25.7 Å². The van der Waals surface area contributed by atoms with Crippen molar-refractivity contribution < 1.29 is 9.59 Å². The molecule has 0 atom stereocenters. The molecule has 3 rings (SSSR count). The van der Waals surface area contributed by atoms with E-state index in [0.29, 0.717) is 11.5 Å². The van der Waals surface area contributed by atoms with Crippen molar-refractivity contribution in [3.05, 3.63) is 65.2 Å². The van der Waals surface area contributed by atoms with Crippen LogP contribution in [0.3, 0.4) is 0 Å². The summed E-state index contributed by atoms with van der Waals surface area (Å²) in [5, 5.41) is 0. The van der Waals surface area contributed by atoms with E-state index in [2.05, 4.69) is 17.0 Å². The first-order chi connectivity index (χ1) is 10.8. The van der Waals surface area contributed by atoms with Gasteiger partial charge in [-0.15, -0.1) is 0 Å². The van der Waals surface area contributed by atoms with Crippen molar-refractivity contribution >= 4 is 18.3 Å². The Morgan fingerprint density at radius 1 is 0.773 bits per heavy atom. The normalized spacial score (nSPS) is 15.5. The summed E-state index contributed by atoms with van der Waals surface area (Å²) in [6.07, 6.45) is 3.97. The van der Waals surface area contributed by atoms with Crippen LogP contribution in [0.5, 0.6) is 0 Å². The van der Waals surface area contributed by atoms with Gasteiger partial charge < -0.3 is 4.90 Å². The monoisotopic (exact) mass is 293 g/mol. The van der Waals surface area contributed by atoms with Crippen LogP contribution in [0.2, 0.25) is 0 Å². The van der Waals surface area contributed by atoms with Gasteiger partial charge in [-0.2, -0.15) is 0 Å². The minimum atomic E-state index is 0.561. The first-order valence-corrected chi connectivity index (χ1v) is 7.65. The zero-order chi connectivity index (χ0) is 15.4. The molecule has 2 aromatic rings. The van der Waals surface area contributed by atoms with Gasteiger partial charge in [-0.05, 0) is 48.6 Å². The van der Waals surface area contributed by atoms with Crippen LogP contribution in [0.1, 0.15) is 45.0 Å². The Hall–Kier alpha value is -2.42. The molecule has 2 aromatic carbocycles. The number of benzene rings is 2. The summed E-state index contributed by atoms with van der Waals surface area (Å²) < 4.78 is 0. The van der Waals surface area contributed by atoms with E-state index in [1.54, 1.807) is 0 Å². The third-order valence-electron chi connectivity index (χ3n) is 4.43. The highest BCUT2D eigenvalue weighted by atomic mass is 16.1. The summed E-state index contributed by atoms with van der Waals surface area (Å²) in [5.41, 5.74) is 3.95. The van der Waals surface area contributed by atoms with E-state index in [0.717, 1.165) is 44.1 Å². The Labute approximate surface area is 130 Å². The summed E-state index contributed by atoms with van der Waals surface area (Å²) >= 11 is 0. The molecule has 1 aliphatic rings. The Bertz CT molecular complexity index is 579. The summed E-state index contributed by atoms with van der Waals surface area (Å²) in [6, 6.07) is 15.7. The van der Waals surface area contributed by atoms with Crippen molar-refractivity contribution in [2.24, 2.45) is 0 Å². The van der Waals surface area contributed by atoms with Crippen molar-refractivity contribution in [1.82, 2.24) is 0 Å². The van der Waals surface area contributed by atoms with Crippen molar-refractivity contribution in [2.45, 2.75) is 18.8 Å². The van der Waals surface area contributed by atoms with Crippen LogP contribution in [0.25, 0.3) is 0 Å². The maximum atomic E-state index is 10.7. The van der Waals surface area contributed by atoms with Crippen LogP contribution in [-0.2, 0) is 0 Å². The number of rotatable bonds is 4. The average Bonchev–Trinajstić information content (AvgIpc) is 2.62. The van der Waals surface area contributed by atoms with Crippen molar-refractivity contribution in [1.29, 1.82) is 0 Å². The molecule has 0 aliphatic carbocycles. The maximum Gasteiger partial charge on any atom is 0.150 e. The van der Waals surface area contributed by atoms with Crippen molar-refractivity contribution in [2.75, 3.05) is 18.0 Å². The smallest absolute Gasteiger partial charge is 0.150 e. The third kappa shape index (κ3) is 3.08. The fraction of sp³-hybridized carbons (Fsp3) is 0.263. The minimum absolute atomic E-state index is 0.561. The van der Waals surface area contributed by atoms with Gasteiger partial charge in [0.1, 0.15) is 12.6 Å². The Kier molecular flexibility index (Phi) is 4.33. The summed E-state index contributed by atoms with van der Waals surface area (Å²) in [4.78, 5) is 23.8. The molecule has 0 spiro atoms. The van der Waals surface area contributed by atoms with Gasteiger partial charge in [0, 0.05) is 29.9 Å². The predicted molar refractivity (Wildman–Crippen MR) is 87.8 cm³/mol. The van der Waals surface area contributed by atoms with Crippen molar-refractivity contribution in [3.63, 3.8) is 0 Å². The van der Waals surface area contributed by atoms with Crippen LogP contribution >= 0.6 is 0 Å². The van der Waals surface area contributed by atoms with E-state index in [1.807, 2.05) is 36.4 Å². The van der Waals surface area contributed by atoms with E-state index in [4.69, 9.17) is 0 Å². The van der Waals surface area contributed by atoms with E-state index in [9.17, 15) is 9.59 Å². The molecule has 3 nitrogen and oxygen atoms in total. The molecule has 0 radical (unpaired) electrons. The fourth-order valence-electron chi connectivity index (χ4n) is 3.08. The van der Waals surface area contributed by atoms with Crippen LogP contribution in [0, 0.1) is 0 Å². The van der Waals surface area contributed by atoms with Gasteiger partial charge in [-0.3, -0.25) is 9.59 Å².